The van der Waals surface area contributed by atoms with E-state index in [2.05, 4.69) is 5.32 Å². The molecule has 1 aromatic rings. The van der Waals surface area contributed by atoms with Crippen molar-refractivity contribution in [3.8, 4) is 0 Å². The van der Waals surface area contributed by atoms with E-state index in [9.17, 15) is 14.9 Å². The summed E-state index contributed by atoms with van der Waals surface area (Å²) in [6.07, 6.45) is 2.04. The summed E-state index contributed by atoms with van der Waals surface area (Å²) >= 11 is 0. The van der Waals surface area contributed by atoms with Crippen LogP contribution in [0, 0.1) is 17.0 Å². The monoisotopic (exact) mass is 313 g/mol. The van der Waals surface area contributed by atoms with E-state index in [1.807, 2.05) is 11.9 Å². The van der Waals surface area contributed by atoms with Crippen LogP contribution >= 0.6 is 12.4 Å². The van der Waals surface area contributed by atoms with E-state index in [0.29, 0.717) is 23.7 Å². The molecule has 1 heterocycles. The number of carbonyl (C=O) groups is 1. The number of piperidine rings is 1. The van der Waals surface area contributed by atoms with Crippen molar-refractivity contribution in [1.29, 1.82) is 0 Å². The molecule has 7 heteroatoms. The standard InChI is InChI=1S/C14H19N3O3.ClH/c1-10-8-11(5-6-13(10)17(19)20)14(18)16-7-3-4-12(9-16)15-2;/h5-6,8,12,15H,3-4,7,9H2,1-2H3;1H. The summed E-state index contributed by atoms with van der Waals surface area (Å²) in [5, 5.41) is 14.0. The number of nitrogens with one attached hydrogen (secondary N) is 1. The molecule has 116 valence electrons. The fourth-order valence-electron chi connectivity index (χ4n) is 2.57. The summed E-state index contributed by atoms with van der Waals surface area (Å²) in [5.41, 5.74) is 1.08. The van der Waals surface area contributed by atoms with Crippen molar-refractivity contribution in [1.82, 2.24) is 10.2 Å². The molecule has 1 N–H and O–H groups in total. The molecule has 21 heavy (non-hydrogen) atoms. The Morgan fingerprint density at radius 1 is 1.48 bits per heavy atom. The first-order chi connectivity index (χ1) is 9.52. The lowest BCUT2D eigenvalue weighted by Crippen LogP contribution is -2.46. The molecule has 1 aliphatic rings. The molecule has 0 spiro atoms. The third kappa shape index (κ3) is 3.92. The second kappa shape index (κ2) is 7.38. The van der Waals surface area contributed by atoms with Crippen LogP contribution in [0.1, 0.15) is 28.8 Å². The quantitative estimate of drug-likeness (QED) is 0.685. The van der Waals surface area contributed by atoms with Gasteiger partial charge < -0.3 is 10.2 Å². The fraction of sp³-hybridized carbons (Fsp3) is 0.500. The van der Waals surface area contributed by atoms with Crippen LogP contribution in [0.5, 0.6) is 0 Å². The number of likely N-dealkylation sites (N-methyl/N-ethyl adjacent to an activating group) is 1. The molecular formula is C14H20ClN3O3. The Labute approximate surface area is 130 Å². The van der Waals surface area contributed by atoms with Gasteiger partial charge in [-0.05, 0) is 38.9 Å². The van der Waals surface area contributed by atoms with Gasteiger partial charge in [0.15, 0.2) is 0 Å². The van der Waals surface area contributed by atoms with E-state index in [1.165, 1.54) is 12.1 Å². The van der Waals surface area contributed by atoms with E-state index in [0.717, 1.165) is 19.4 Å². The number of hydrogen-bond acceptors (Lipinski definition) is 4. The molecule has 6 nitrogen and oxygen atoms in total. The summed E-state index contributed by atoms with van der Waals surface area (Å²) in [6, 6.07) is 4.87. The van der Waals surface area contributed by atoms with Crippen molar-refractivity contribution in [3.63, 3.8) is 0 Å². The molecule has 0 saturated carbocycles. The number of aryl methyl sites for hydroxylation is 1. The fourth-order valence-corrected chi connectivity index (χ4v) is 2.57. The van der Waals surface area contributed by atoms with Crippen LogP contribution in [0.25, 0.3) is 0 Å². The molecular weight excluding hydrogens is 294 g/mol. The lowest BCUT2D eigenvalue weighted by molar-refractivity contribution is -0.385. The van der Waals surface area contributed by atoms with Crippen LogP contribution in [0.3, 0.4) is 0 Å². The summed E-state index contributed by atoms with van der Waals surface area (Å²) in [7, 11) is 1.90. The van der Waals surface area contributed by atoms with Gasteiger partial charge in [0, 0.05) is 36.3 Å². The lowest BCUT2D eigenvalue weighted by Gasteiger charge is -2.32. The Kier molecular flexibility index (Phi) is 6.11. The molecule has 1 amide bonds. The number of halogens is 1. The number of nitro benzene ring substituents is 1. The van der Waals surface area contributed by atoms with Gasteiger partial charge in [-0.15, -0.1) is 12.4 Å². The average molecular weight is 314 g/mol. The number of hydrogen-bond donors (Lipinski definition) is 1. The van der Waals surface area contributed by atoms with Crippen molar-refractivity contribution in [2.24, 2.45) is 0 Å². The average Bonchev–Trinajstić information content (AvgIpc) is 2.46. The first-order valence-electron chi connectivity index (χ1n) is 6.74. The van der Waals surface area contributed by atoms with Gasteiger partial charge in [0.05, 0.1) is 4.92 Å². The maximum atomic E-state index is 12.4. The van der Waals surface area contributed by atoms with E-state index in [4.69, 9.17) is 0 Å². The number of amides is 1. The second-order valence-electron chi connectivity index (χ2n) is 5.14. The van der Waals surface area contributed by atoms with Crippen LogP contribution in [0.15, 0.2) is 18.2 Å². The van der Waals surface area contributed by atoms with E-state index in [1.54, 1.807) is 13.0 Å². The largest absolute Gasteiger partial charge is 0.337 e. The zero-order valence-corrected chi connectivity index (χ0v) is 13.0. The Morgan fingerprint density at radius 3 is 2.76 bits per heavy atom. The predicted molar refractivity (Wildman–Crippen MR) is 83.1 cm³/mol. The first-order valence-corrected chi connectivity index (χ1v) is 6.74. The Bertz CT molecular complexity index is 536. The molecule has 2 rings (SSSR count). The van der Waals surface area contributed by atoms with E-state index < -0.39 is 4.92 Å². The minimum Gasteiger partial charge on any atom is -0.337 e. The number of nitro groups is 1. The molecule has 1 saturated heterocycles. The predicted octanol–water partition coefficient (Wildman–Crippen LogP) is 2.15. The van der Waals surface area contributed by atoms with Gasteiger partial charge in [0.1, 0.15) is 0 Å². The molecule has 1 aliphatic heterocycles. The summed E-state index contributed by atoms with van der Waals surface area (Å²) in [6.45, 7) is 3.08. The van der Waals surface area contributed by atoms with Gasteiger partial charge in [-0.25, -0.2) is 0 Å². The smallest absolute Gasteiger partial charge is 0.272 e. The SMILES string of the molecule is CNC1CCCN(C(=O)c2ccc([N+](=O)[O-])c(C)c2)C1.Cl. The third-order valence-corrected chi connectivity index (χ3v) is 3.76. The zero-order chi connectivity index (χ0) is 14.7. The summed E-state index contributed by atoms with van der Waals surface area (Å²) in [4.78, 5) is 24.6. The van der Waals surface area contributed by atoms with Crippen LogP contribution in [0.2, 0.25) is 0 Å². The minimum atomic E-state index is -0.429. The van der Waals surface area contributed by atoms with Gasteiger partial charge in [-0.2, -0.15) is 0 Å². The third-order valence-electron chi connectivity index (χ3n) is 3.76. The Hall–Kier alpha value is -1.66. The number of benzene rings is 1. The topological polar surface area (TPSA) is 75.5 Å². The number of carbonyl (C=O) groups excluding carboxylic acids is 1. The minimum absolute atomic E-state index is 0. The highest BCUT2D eigenvalue weighted by molar-refractivity contribution is 5.94. The Balaban J connectivity index is 0.00000220. The number of likely N-dealkylation sites (tertiary alicyclic amines) is 1. The van der Waals surface area contributed by atoms with Gasteiger partial charge in [0.25, 0.3) is 11.6 Å². The highest BCUT2D eigenvalue weighted by Crippen LogP contribution is 2.21. The van der Waals surface area contributed by atoms with Crippen molar-refractivity contribution in [2.75, 3.05) is 20.1 Å². The van der Waals surface area contributed by atoms with Crippen LogP contribution in [-0.4, -0.2) is 41.9 Å². The molecule has 1 fully saturated rings. The van der Waals surface area contributed by atoms with Crippen molar-refractivity contribution < 1.29 is 9.72 Å². The second-order valence-corrected chi connectivity index (χ2v) is 5.14. The van der Waals surface area contributed by atoms with E-state index >= 15 is 0 Å². The molecule has 1 atom stereocenters. The normalized spacial score (nSPS) is 18.0. The molecule has 0 radical (unpaired) electrons. The molecule has 0 aromatic heterocycles. The molecule has 1 unspecified atom stereocenters. The van der Waals surface area contributed by atoms with Gasteiger partial charge in [-0.3, -0.25) is 14.9 Å². The molecule has 1 aromatic carbocycles. The highest BCUT2D eigenvalue weighted by atomic mass is 35.5. The van der Waals surface area contributed by atoms with Crippen LogP contribution in [-0.2, 0) is 0 Å². The van der Waals surface area contributed by atoms with Crippen molar-refractivity contribution in [3.05, 3.63) is 39.4 Å². The zero-order valence-electron chi connectivity index (χ0n) is 12.2. The maximum absolute atomic E-state index is 12.4. The summed E-state index contributed by atoms with van der Waals surface area (Å²) in [5.74, 6) is -0.0528. The lowest BCUT2D eigenvalue weighted by atomic mass is 10.0. The summed E-state index contributed by atoms with van der Waals surface area (Å²) < 4.78 is 0. The Morgan fingerprint density at radius 2 is 2.19 bits per heavy atom. The van der Waals surface area contributed by atoms with Gasteiger partial charge in [-0.1, -0.05) is 0 Å². The van der Waals surface area contributed by atoms with Crippen LogP contribution < -0.4 is 5.32 Å². The first kappa shape index (κ1) is 17.4. The van der Waals surface area contributed by atoms with Gasteiger partial charge in [0.2, 0.25) is 0 Å². The number of rotatable bonds is 3. The molecule has 0 bridgehead atoms. The highest BCUT2D eigenvalue weighted by Gasteiger charge is 2.24. The van der Waals surface area contributed by atoms with Crippen molar-refractivity contribution in [2.45, 2.75) is 25.8 Å². The maximum Gasteiger partial charge on any atom is 0.272 e. The molecule has 0 aliphatic carbocycles. The van der Waals surface area contributed by atoms with Crippen LogP contribution in [0.4, 0.5) is 5.69 Å². The van der Waals surface area contributed by atoms with Gasteiger partial charge >= 0.3 is 0 Å². The number of nitrogens with zero attached hydrogens (tertiary/aromatic N) is 2. The van der Waals surface area contributed by atoms with Crippen molar-refractivity contribution >= 4 is 24.0 Å². The van der Waals surface area contributed by atoms with E-state index in [-0.39, 0.29) is 24.0 Å².